The van der Waals surface area contributed by atoms with Gasteiger partial charge in [0.05, 0.1) is 23.0 Å². The third-order valence-electron chi connectivity index (χ3n) is 6.06. The molecule has 2 fully saturated rings. The molecule has 0 bridgehead atoms. The molecule has 5 rings (SSSR count). The standard InChI is InChI=1S/C25H19F3N2O3/c1-15-8-5-6-13-19(15)21-20-22(33-30(21)17-10-3-2-4-11-17)24(32)29(23(20)31)18-12-7-9-16(14-18)25(26,27)28/h2-14,20-22H,1H3/t20-,21-,22+/m1/s1. The van der Waals surface area contributed by atoms with Crippen LogP contribution in [0.25, 0.3) is 0 Å². The summed E-state index contributed by atoms with van der Waals surface area (Å²) in [6.45, 7) is 1.90. The van der Waals surface area contributed by atoms with Gasteiger partial charge in [-0.25, -0.2) is 9.96 Å². The molecule has 0 unspecified atom stereocenters. The molecule has 8 heteroatoms. The minimum atomic E-state index is -4.60. The number of aryl methyl sites for hydroxylation is 1. The molecule has 3 aromatic carbocycles. The first-order chi connectivity index (χ1) is 15.8. The fourth-order valence-corrected chi connectivity index (χ4v) is 4.52. The van der Waals surface area contributed by atoms with Crippen molar-refractivity contribution in [2.24, 2.45) is 5.92 Å². The van der Waals surface area contributed by atoms with Crippen LogP contribution in [0.3, 0.4) is 0 Å². The number of amides is 2. The summed E-state index contributed by atoms with van der Waals surface area (Å²) < 4.78 is 39.7. The van der Waals surface area contributed by atoms with Gasteiger partial charge in [-0.15, -0.1) is 0 Å². The van der Waals surface area contributed by atoms with Crippen LogP contribution in [0.15, 0.2) is 78.9 Å². The highest BCUT2D eigenvalue weighted by Gasteiger charge is 2.60. The Morgan fingerprint density at radius 3 is 2.18 bits per heavy atom. The quantitative estimate of drug-likeness (QED) is 0.521. The number of alkyl halides is 3. The van der Waals surface area contributed by atoms with E-state index in [4.69, 9.17) is 4.84 Å². The lowest BCUT2D eigenvalue weighted by Crippen LogP contribution is -2.37. The summed E-state index contributed by atoms with van der Waals surface area (Å²) in [7, 11) is 0. The molecule has 2 aliphatic rings. The van der Waals surface area contributed by atoms with E-state index in [1.54, 1.807) is 5.06 Å². The van der Waals surface area contributed by atoms with Crippen molar-refractivity contribution in [3.05, 3.63) is 95.6 Å². The van der Waals surface area contributed by atoms with Gasteiger partial charge < -0.3 is 0 Å². The highest BCUT2D eigenvalue weighted by molar-refractivity contribution is 6.24. The molecule has 2 amide bonds. The van der Waals surface area contributed by atoms with E-state index in [0.29, 0.717) is 5.69 Å². The third-order valence-corrected chi connectivity index (χ3v) is 6.06. The van der Waals surface area contributed by atoms with Crippen molar-refractivity contribution < 1.29 is 27.6 Å². The molecule has 0 N–H and O–H groups in total. The molecule has 0 spiro atoms. The fourth-order valence-electron chi connectivity index (χ4n) is 4.52. The summed E-state index contributed by atoms with van der Waals surface area (Å²) in [5, 5.41) is 1.57. The Bertz CT molecular complexity index is 1230. The number of nitrogens with zero attached hydrogens (tertiary/aromatic N) is 2. The zero-order chi connectivity index (χ0) is 23.3. The van der Waals surface area contributed by atoms with Crippen molar-refractivity contribution in [1.82, 2.24) is 0 Å². The number of hydroxylamine groups is 1. The number of benzene rings is 3. The smallest absolute Gasteiger partial charge is 0.273 e. The van der Waals surface area contributed by atoms with E-state index < -0.39 is 41.6 Å². The lowest BCUT2D eigenvalue weighted by molar-refractivity contribution is -0.137. The summed E-state index contributed by atoms with van der Waals surface area (Å²) in [4.78, 5) is 33.7. The molecule has 0 saturated carbocycles. The van der Waals surface area contributed by atoms with Gasteiger partial charge in [0.2, 0.25) is 5.91 Å². The van der Waals surface area contributed by atoms with Gasteiger partial charge >= 0.3 is 6.18 Å². The predicted octanol–water partition coefficient (Wildman–Crippen LogP) is 5.06. The molecule has 33 heavy (non-hydrogen) atoms. The third kappa shape index (κ3) is 3.47. The van der Waals surface area contributed by atoms with E-state index in [0.717, 1.165) is 28.2 Å². The Hall–Kier alpha value is -3.65. The number of carbonyl (C=O) groups is 2. The van der Waals surface area contributed by atoms with Crippen LogP contribution in [-0.2, 0) is 20.6 Å². The van der Waals surface area contributed by atoms with Crippen molar-refractivity contribution >= 4 is 23.2 Å². The summed E-state index contributed by atoms with van der Waals surface area (Å²) in [5.74, 6) is -2.18. The molecular formula is C25H19F3N2O3. The van der Waals surface area contributed by atoms with Crippen LogP contribution in [0, 0.1) is 12.8 Å². The van der Waals surface area contributed by atoms with Crippen LogP contribution in [0.1, 0.15) is 22.7 Å². The molecule has 3 aromatic rings. The first kappa shape index (κ1) is 21.2. The first-order valence-corrected chi connectivity index (χ1v) is 10.4. The van der Waals surface area contributed by atoms with Crippen LogP contribution in [0.2, 0.25) is 0 Å². The van der Waals surface area contributed by atoms with Gasteiger partial charge in [0, 0.05) is 0 Å². The van der Waals surface area contributed by atoms with E-state index >= 15 is 0 Å². The van der Waals surface area contributed by atoms with Crippen molar-refractivity contribution in [1.29, 1.82) is 0 Å². The molecule has 2 saturated heterocycles. The van der Waals surface area contributed by atoms with Gasteiger partial charge in [0.25, 0.3) is 5.91 Å². The zero-order valence-corrected chi connectivity index (χ0v) is 17.5. The molecular weight excluding hydrogens is 433 g/mol. The number of fused-ring (bicyclic) bond motifs is 1. The Kier molecular flexibility index (Phi) is 4.97. The minimum absolute atomic E-state index is 0.118. The van der Waals surface area contributed by atoms with E-state index in [2.05, 4.69) is 0 Å². The molecule has 5 nitrogen and oxygen atoms in total. The zero-order valence-electron chi connectivity index (χ0n) is 17.5. The van der Waals surface area contributed by atoms with Crippen LogP contribution >= 0.6 is 0 Å². The molecule has 2 aliphatic heterocycles. The van der Waals surface area contributed by atoms with Crippen LogP contribution in [0.4, 0.5) is 24.5 Å². The lowest BCUT2D eigenvalue weighted by Gasteiger charge is -2.29. The second-order valence-electron chi connectivity index (χ2n) is 8.07. The van der Waals surface area contributed by atoms with E-state index in [-0.39, 0.29) is 5.69 Å². The maximum atomic E-state index is 13.5. The molecule has 2 heterocycles. The van der Waals surface area contributed by atoms with Gasteiger partial charge in [0.15, 0.2) is 6.10 Å². The number of rotatable bonds is 3. The number of anilines is 2. The average molecular weight is 452 g/mol. The lowest BCUT2D eigenvalue weighted by atomic mass is 9.88. The summed E-state index contributed by atoms with van der Waals surface area (Å²) in [5.41, 5.74) is 1.34. The Morgan fingerprint density at radius 1 is 0.818 bits per heavy atom. The largest absolute Gasteiger partial charge is 0.416 e. The monoisotopic (exact) mass is 452 g/mol. The van der Waals surface area contributed by atoms with Crippen molar-refractivity contribution in [2.75, 3.05) is 9.96 Å². The second kappa shape index (κ2) is 7.74. The number of para-hydroxylation sites is 1. The normalized spacial score (nSPS) is 22.7. The number of imide groups is 1. The van der Waals surface area contributed by atoms with Crippen LogP contribution in [0.5, 0.6) is 0 Å². The molecule has 0 aromatic heterocycles. The molecule has 168 valence electrons. The van der Waals surface area contributed by atoms with Gasteiger partial charge in [-0.1, -0.05) is 48.5 Å². The summed E-state index contributed by atoms with van der Waals surface area (Å²) in [6.07, 6.45) is -5.74. The Morgan fingerprint density at radius 2 is 1.48 bits per heavy atom. The van der Waals surface area contributed by atoms with Gasteiger partial charge in [-0.05, 0) is 48.4 Å². The van der Waals surface area contributed by atoms with Crippen molar-refractivity contribution in [3.8, 4) is 0 Å². The van der Waals surface area contributed by atoms with Crippen molar-refractivity contribution in [3.63, 3.8) is 0 Å². The maximum absolute atomic E-state index is 13.5. The molecule has 0 aliphatic carbocycles. The number of hydrogen-bond donors (Lipinski definition) is 0. The van der Waals surface area contributed by atoms with E-state index in [1.807, 2.05) is 61.5 Å². The van der Waals surface area contributed by atoms with Crippen LogP contribution < -0.4 is 9.96 Å². The van der Waals surface area contributed by atoms with E-state index in [9.17, 15) is 22.8 Å². The van der Waals surface area contributed by atoms with Crippen molar-refractivity contribution in [2.45, 2.75) is 25.2 Å². The average Bonchev–Trinajstić information content (AvgIpc) is 3.30. The van der Waals surface area contributed by atoms with Gasteiger partial charge in [-0.2, -0.15) is 13.2 Å². The van der Waals surface area contributed by atoms with E-state index in [1.165, 1.54) is 12.1 Å². The highest BCUT2D eigenvalue weighted by Crippen LogP contribution is 2.48. The predicted molar refractivity (Wildman–Crippen MR) is 115 cm³/mol. The van der Waals surface area contributed by atoms with Gasteiger partial charge in [0.1, 0.15) is 5.92 Å². The maximum Gasteiger partial charge on any atom is 0.416 e. The highest BCUT2D eigenvalue weighted by atomic mass is 19.4. The summed E-state index contributed by atoms with van der Waals surface area (Å²) >= 11 is 0. The van der Waals surface area contributed by atoms with Gasteiger partial charge in [-0.3, -0.25) is 14.4 Å². The Labute approximate surface area is 187 Å². The van der Waals surface area contributed by atoms with Crippen LogP contribution in [-0.4, -0.2) is 17.9 Å². The number of halogens is 3. The minimum Gasteiger partial charge on any atom is -0.273 e. The fraction of sp³-hybridized carbons (Fsp3) is 0.200. The number of carbonyl (C=O) groups excluding carboxylic acids is 2. The SMILES string of the molecule is Cc1ccccc1[C@@H]1[C@H]2C(=O)N(c3cccc(C(F)(F)F)c3)C(=O)[C@H]2ON1c1ccccc1. The summed E-state index contributed by atoms with van der Waals surface area (Å²) in [6, 6.07) is 20.2. The topological polar surface area (TPSA) is 49.9 Å². The molecule has 3 atom stereocenters. The second-order valence-corrected chi connectivity index (χ2v) is 8.07. The number of hydrogen-bond acceptors (Lipinski definition) is 4. The first-order valence-electron chi connectivity index (χ1n) is 10.4. The Balaban J connectivity index is 1.59. The molecule has 0 radical (unpaired) electrons.